The van der Waals surface area contributed by atoms with Gasteiger partial charge < -0.3 is 60.3 Å². The molecular weight excluding hydrogens is 1210 g/mol. The van der Waals surface area contributed by atoms with Crippen LogP contribution in [-0.4, -0.2) is 95.3 Å². The molecule has 3 aliphatic rings. The molecule has 3 aliphatic heterocycles. The number of anilines is 3. The minimum atomic E-state index is -0.880. The Balaban J connectivity index is 0.000000157. The SMILES string of the molecule is CC(C)(C)OC(=O)N1C[C@@H](C(=O)Nc2cccc(Oc3ccccc3)c2)[C@H](c2ccccc2)C1.CC(C)(C)OC(=O)N1C[C@@H](C(=O)O)[C@H](c2ccccc2)C1.Nc1cccc(Oc2ccccc2)c1.O=C(Nc1cccc(Oc2ccccc2)c1)[C@@H]1CNC[C@H]1c1ccccc1. The van der Waals surface area contributed by atoms with E-state index in [4.69, 9.17) is 29.4 Å². The predicted molar refractivity (Wildman–Crippen MR) is 375 cm³/mol. The van der Waals surface area contributed by atoms with Gasteiger partial charge in [0.15, 0.2) is 0 Å². The lowest BCUT2D eigenvalue weighted by atomic mass is 9.88. The molecule has 9 aromatic rings. The second kappa shape index (κ2) is 33.3. The van der Waals surface area contributed by atoms with Crippen molar-refractivity contribution in [3.63, 3.8) is 0 Å². The fraction of sp³-hybridized carbons (Fsp3) is 0.253. The molecule has 17 nitrogen and oxygen atoms in total. The highest BCUT2D eigenvalue weighted by Crippen LogP contribution is 2.37. The summed E-state index contributed by atoms with van der Waals surface area (Å²) in [6, 6.07) is 80.4. The van der Waals surface area contributed by atoms with Gasteiger partial charge in [0, 0.05) is 92.3 Å². The van der Waals surface area contributed by atoms with Gasteiger partial charge in [-0.3, -0.25) is 14.4 Å². The summed E-state index contributed by atoms with van der Waals surface area (Å²) >= 11 is 0. The number of amides is 4. The molecule has 0 bridgehead atoms. The number of aliphatic carboxylic acids is 1. The van der Waals surface area contributed by atoms with Gasteiger partial charge in [0.25, 0.3) is 0 Å². The summed E-state index contributed by atoms with van der Waals surface area (Å²) in [6.07, 6.45) is -0.853. The maximum absolute atomic E-state index is 13.4. The fourth-order valence-corrected chi connectivity index (χ4v) is 11.4. The Bertz CT molecular complexity index is 3950. The van der Waals surface area contributed by atoms with Crippen LogP contribution in [0.2, 0.25) is 0 Å². The van der Waals surface area contributed by atoms with Crippen molar-refractivity contribution in [1.82, 2.24) is 15.1 Å². The van der Waals surface area contributed by atoms with Gasteiger partial charge in [-0.25, -0.2) is 9.59 Å². The second-order valence-electron chi connectivity index (χ2n) is 25.5. The molecule has 9 aromatic carbocycles. The van der Waals surface area contributed by atoms with E-state index in [1.807, 2.05) is 251 Å². The number of hydrogen-bond donors (Lipinski definition) is 5. The lowest BCUT2D eigenvalue weighted by Crippen LogP contribution is -2.36. The van der Waals surface area contributed by atoms with Crippen molar-refractivity contribution < 1.29 is 52.8 Å². The molecule has 3 saturated heterocycles. The van der Waals surface area contributed by atoms with Gasteiger partial charge in [-0.05, 0) is 131 Å². The summed E-state index contributed by atoms with van der Waals surface area (Å²) < 4.78 is 28.2. The van der Waals surface area contributed by atoms with Gasteiger partial charge in [0.2, 0.25) is 11.8 Å². The number of nitrogens with two attached hydrogens (primary N) is 1. The number of carbonyl (C=O) groups excluding carboxylic acids is 4. The van der Waals surface area contributed by atoms with Crippen molar-refractivity contribution in [2.45, 2.75) is 70.5 Å². The van der Waals surface area contributed by atoms with Gasteiger partial charge in [-0.1, -0.05) is 164 Å². The molecule has 0 spiro atoms. The average Bonchev–Trinajstić information content (AvgIpc) is 1.68. The summed E-state index contributed by atoms with van der Waals surface area (Å²) in [6.45, 7) is 13.7. The number of carboxylic acid groups (broad SMARTS) is 1. The van der Waals surface area contributed by atoms with Gasteiger partial charge in [0.1, 0.15) is 45.7 Å². The number of benzene rings is 9. The molecule has 4 amide bonds. The molecule has 3 fully saturated rings. The van der Waals surface area contributed by atoms with Crippen LogP contribution in [-0.2, 0) is 23.9 Å². The van der Waals surface area contributed by atoms with E-state index < -0.39 is 41.2 Å². The third-order valence-corrected chi connectivity index (χ3v) is 15.8. The van der Waals surface area contributed by atoms with Crippen molar-refractivity contribution in [2.75, 3.05) is 55.6 Å². The first-order chi connectivity index (χ1) is 46.2. The highest BCUT2D eigenvalue weighted by molar-refractivity contribution is 5.95. The Hall–Kier alpha value is -10.9. The standard InChI is InChI=1S/C28H30N2O4.C23H22N2O2.C16H21NO4.C12H11NO/c1-28(2,3)34-27(32)30-18-24(20-11-6-4-7-12-20)25(19-30)26(31)29-21-13-10-16-23(17-21)33-22-14-8-5-9-15-22;26-23(22-16-24-15-21(22)17-8-3-1-4-9-17)25-18-10-7-13-20(14-18)27-19-11-5-2-6-12-19;1-16(2,3)21-15(20)17-9-12(13(10-17)14(18)19)11-7-5-4-6-8-11;13-10-5-4-8-12(9-10)14-11-6-2-1-3-7-11/h4-17,24-25H,18-19H2,1-3H3,(H,29,31);1-14,21-22,24H,15-16H2,(H,25,26);4-8,12-13H,9-10H2,1-3H3,(H,18,19);1-9H,13H2/t24-,25+;21-,22+;12-,13+;/m000./s1. The molecule has 0 saturated carbocycles. The van der Waals surface area contributed by atoms with Crippen molar-refractivity contribution >= 4 is 47.0 Å². The minimum absolute atomic E-state index is 0.0331. The number of carboxylic acids is 1. The van der Waals surface area contributed by atoms with Crippen molar-refractivity contribution in [2.24, 2.45) is 17.8 Å². The smallest absolute Gasteiger partial charge is 0.410 e. The molecule has 3 heterocycles. The van der Waals surface area contributed by atoms with E-state index in [1.165, 1.54) is 10.5 Å². The lowest BCUT2D eigenvalue weighted by Gasteiger charge is -2.24. The van der Waals surface area contributed by atoms with Gasteiger partial charge >= 0.3 is 18.2 Å². The first-order valence-electron chi connectivity index (χ1n) is 32.1. The Labute approximate surface area is 562 Å². The van der Waals surface area contributed by atoms with Crippen LogP contribution in [0.1, 0.15) is 76.0 Å². The quantitative estimate of drug-likeness (QED) is 0.0641. The van der Waals surface area contributed by atoms with Crippen LogP contribution >= 0.6 is 0 Å². The number of likely N-dealkylation sites (tertiary alicyclic amines) is 2. The molecule has 0 unspecified atom stereocenters. The number of hydrogen-bond acceptors (Lipinski definition) is 12. The molecule has 6 N–H and O–H groups in total. The van der Waals surface area contributed by atoms with Crippen molar-refractivity contribution in [3.05, 3.63) is 271 Å². The fourth-order valence-electron chi connectivity index (χ4n) is 11.4. The van der Waals surface area contributed by atoms with Crippen LogP contribution in [0.3, 0.4) is 0 Å². The molecular formula is C79H84N6O11. The topological polar surface area (TPSA) is 220 Å². The van der Waals surface area contributed by atoms with E-state index in [1.54, 1.807) is 37.8 Å². The van der Waals surface area contributed by atoms with Gasteiger partial charge in [-0.2, -0.15) is 0 Å². The summed E-state index contributed by atoms with van der Waals surface area (Å²) in [5.41, 5.74) is 9.70. The number of nitrogens with one attached hydrogen (secondary N) is 3. The lowest BCUT2D eigenvalue weighted by molar-refractivity contribution is -0.141. The van der Waals surface area contributed by atoms with Crippen LogP contribution < -0.4 is 35.9 Å². The number of carbonyl (C=O) groups is 5. The average molecular weight is 1290 g/mol. The molecule has 0 radical (unpaired) electrons. The molecule has 0 aromatic heterocycles. The zero-order valence-corrected chi connectivity index (χ0v) is 55.0. The molecule has 12 rings (SSSR count). The van der Waals surface area contributed by atoms with Crippen LogP contribution in [0.15, 0.2) is 255 Å². The number of nitrogen functional groups attached to an aromatic ring is 1. The molecule has 496 valence electrons. The summed E-state index contributed by atoms with van der Waals surface area (Å²) in [7, 11) is 0. The third kappa shape index (κ3) is 21.1. The summed E-state index contributed by atoms with van der Waals surface area (Å²) in [4.78, 5) is 65.7. The van der Waals surface area contributed by atoms with Gasteiger partial charge in [0.05, 0.1) is 17.8 Å². The van der Waals surface area contributed by atoms with Crippen LogP contribution in [0.5, 0.6) is 34.5 Å². The maximum Gasteiger partial charge on any atom is 0.410 e. The molecule has 96 heavy (non-hydrogen) atoms. The van der Waals surface area contributed by atoms with E-state index >= 15 is 0 Å². The van der Waals surface area contributed by atoms with E-state index in [0.717, 1.165) is 46.4 Å². The van der Waals surface area contributed by atoms with E-state index in [-0.39, 0.29) is 42.0 Å². The number of ether oxygens (including phenoxy) is 5. The first-order valence-corrected chi connectivity index (χ1v) is 32.1. The molecule has 17 heteroatoms. The van der Waals surface area contributed by atoms with E-state index in [2.05, 4.69) is 28.1 Å². The zero-order valence-electron chi connectivity index (χ0n) is 55.0. The Kier molecular flexibility index (Phi) is 24.1. The highest BCUT2D eigenvalue weighted by Gasteiger charge is 2.43. The number of rotatable bonds is 14. The van der Waals surface area contributed by atoms with Crippen LogP contribution in [0, 0.1) is 17.8 Å². The Morgan fingerprint density at radius 2 is 0.729 bits per heavy atom. The normalized spacial score (nSPS) is 17.9. The Morgan fingerprint density at radius 3 is 1.11 bits per heavy atom. The number of nitrogens with zero attached hydrogens (tertiary/aromatic N) is 2. The zero-order chi connectivity index (χ0) is 68.0. The maximum atomic E-state index is 13.4. The van der Waals surface area contributed by atoms with Crippen LogP contribution in [0.4, 0.5) is 26.7 Å². The van der Waals surface area contributed by atoms with E-state index in [0.29, 0.717) is 49.1 Å². The van der Waals surface area contributed by atoms with Crippen LogP contribution in [0.25, 0.3) is 0 Å². The minimum Gasteiger partial charge on any atom is -0.481 e. The monoisotopic (exact) mass is 1290 g/mol. The third-order valence-electron chi connectivity index (χ3n) is 15.8. The summed E-state index contributed by atoms with van der Waals surface area (Å²) in [5.74, 6) is 2.17. The van der Waals surface area contributed by atoms with Crippen molar-refractivity contribution in [1.29, 1.82) is 0 Å². The second-order valence-corrected chi connectivity index (χ2v) is 25.5. The predicted octanol–water partition coefficient (Wildman–Crippen LogP) is 16.3. The van der Waals surface area contributed by atoms with Gasteiger partial charge in [-0.15, -0.1) is 0 Å². The van der Waals surface area contributed by atoms with E-state index in [9.17, 15) is 29.1 Å². The van der Waals surface area contributed by atoms with Crippen molar-refractivity contribution in [3.8, 4) is 34.5 Å². The number of para-hydroxylation sites is 3. The first kappa shape index (κ1) is 69.4. The molecule has 6 atom stereocenters. The molecule has 0 aliphatic carbocycles. The summed E-state index contributed by atoms with van der Waals surface area (Å²) in [5, 5.41) is 18.8. The largest absolute Gasteiger partial charge is 0.481 e. The Morgan fingerprint density at radius 1 is 0.396 bits per heavy atom. The highest BCUT2D eigenvalue weighted by atomic mass is 16.6.